The van der Waals surface area contributed by atoms with Crippen LogP contribution in [0.25, 0.3) is 0 Å². The van der Waals surface area contributed by atoms with Crippen molar-refractivity contribution in [2.75, 3.05) is 39.9 Å². The van der Waals surface area contributed by atoms with E-state index in [1.165, 1.54) is 0 Å². The highest BCUT2D eigenvalue weighted by molar-refractivity contribution is 5.77. The zero-order valence-electron chi connectivity index (χ0n) is 12.7. The Balaban J connectivity index is 4.08. The van der Waals surface area contributed by atoms with E-state index in [9.17, 15) is 4.79 Å². The van der Waals surface area contributed by atoms with Crippen molar-refractivity contribution in [1.82, 2.24) is 10.2 Å². The molecule has 0 aliphatic rings. The normalized spacial score (nSPS) is 11.4. The van der Waals surface area contributed by atoms with Gasteiger partial charge < -0.3 is 10.1 Å². The number of methoxy groups -OCH3 is 1. The highest BCUT2D eigenvalue weighted by Crippen LogP contribution is 2.15. The first-order valence-corrected chi connectivity index (χ1v) is 6.74. The molecule has 1 amide bonds. The van der Waals surface area contributed by atoms with Crippen LogP contribution in [0.15, 0.2) is 0 Å². The lowest BCUT2D eigenvalue weighted by Gasteiger charge is -2.28. The Labute approximate surface area is 116 Å². The monoisotopic (exact) mass is 269 g/mol. The summed E-state index contributed by atoms with van der Waals surface area (Å²) in [7, 11) is 1.65. The highest BCUT2D eigenvalue weighted by atomic mass is 16.5. The van der Waals surface area contributed by atoms with E-state index in [-0.39, 0.29) is 11.3 Å². The van der Waals surface area contributed by atoms with Crippen LogP contribution in [0.5, 0.6) is 0 Å². The number of ether oxygens (including phenoxy) is 1. The van der Waals surface area contributed by atoms with Gasteiger partial charge in [-0.25, -0.2) is 0 Å². The number of hydrogen-bond acceptors (Lipinski definition) is 4. The Hall–Kier alpha value is -1.12. The van der Waals surface area contributed by atoms with Gasteiger partial charge in [0.05, 0.1) is 12.6 Å². The number of nitriles is 1. The molecule has 110 valence electrons. The van der Waals surface area contributed by atoms with Crippen molar-refractivity contribution in [2.24, 2.45) is 5.41 Å². The summed E-state index contributed by atoms with van der Waals surface area (Å²) in [6.45, 7) is 9.47. The minimum absolute atomic E-state index is 0.0123. The fourth-order valence-corrected chi connectivity index (χ4v) is 1.80. The SMILES string of the molecule is COCCCNC(=O)CN(CCC#N)CC(C)(C)C. The summed E-state index contributed by atoms with van der Waals surface area (Å²) in [5.41, 5.74) is 0.117. The Kier molecular flexibility index (Phi) is 9.19. The maximum atomic E-state index is 11.8. The van der Waals surface area contributed by atoms with Gasteiger partial charge in [0.2, 0.25) is 5.91 Å². The molecule has 0 spiro atoms. The van der Waals surface area contributed by atoms with Gasteiger partial charge in [0, 0.05) is 39.8 Å². The van der Waals surface area contributed by atoms with Crippen molar-refractivity contribution in [3.8, 4) is 6.07 Å². The van der Waals surface area contributed by atoms with Gasteiger partial charge in [-0.1, -0.05) is 20.8 Å². The molecule has 5 nitrogen and oxygen atoms in total. The van der Waals surface area contributed by atoms with Crippen LogP contribution in [-0.2, 0) is 9.53 Å². The third-order valence-electron chi connectivity index (χ3n) is 2.45. The van der Waals surface area contributed by atoms with E-state index < -0.39 is 0 Å². The smallest absolute Gasteiger partial charge is 0.234 e. The number of nitrogens with one attached hydrogen (secondary N) is 1. The summed E-state index contributed by atoms with van der Waals surface area (Å²) in [6.07, 6.45) is 1.27. The molecule has 0 unspecified atom stereocenters. The van der Waals surface area contributed by atoms with E-state index in [4.69, 9.17) is 10.00 Å². The second-order valence-corrected chi connectivity index (χ2v) is 5.88. The zero-order valence-corrected chi connectivity index (χ0v) is 12.7. The molecule has 0 bridgehead atoms. The predicted octanol–water partition coefficient (Wildman–Crippen LogP) is 1.40. The quantitative estimate of drug-likeness (QED) is 0.643. The average molecular weight is 269 g/mol. The summed E-state index contributed by atoms with van der Waals surface area (Å²) in [5, 5.41) is 11.5. The topological polar surface area (TPSA) is 65.4 Å². The molecule has 0 rings (SSSR count). The molecule has 0 fully saturated rings. The van der Waals surface area contributed by atoms with E-state index in [0.29, 0.717) is 32.7 Å². The van der Waals surface area contributed by atoms with Gasteiger partial charge in [0.1, 0.15) is 0 Å². The fourth-order valence-electron chi connectivity index (χ4n) is 1.80. The lowest BCUT2D eigenvalue weighted by atomic mass is 9.96. The van der Waals surface area contributed by atoms with Crippen molar-refractivity contribution < 1.29 is 9.53 Å². The molecule has 1 N–H and O–H groups in total. The highest BCUT2D eigenvalue weighted by Gasteiger charge is 2.18. The zero-order chi connectivity index (χ0) is 14.7. The molecule has 0 aliphatic heterocycles. The van der Waals surface area contributed by atoms with Crippen LogP contribution in [0.1, 0.15) is 33.6 Å². The molecule has 0 saturated heterocycles. The number of carbonyl (C=O) groups is 1. The Morgan fingerprint density at radius 1 is 1.42 bits per heavy atom. The summed E-state index contributed by atoms with van der Waals surface area (Å²) in [6, 6.07) is 2.13. The minimum atomic E-state index is 0.0123. The van der Waals surface area contributed by atoms with Gasteiger partial charge in [-0.2, -0.15) is 5.26 Å². The van der Waals surface area contributed by atoms with Crippen LogP contribution in [-0.4, -0.2) is 50.7 Å². The number of amides is 1. The van der Waals surface area contributed by atoms with Gasteiger partial charge in [-0.3, -0.25) is 9.69 Å². The van der Waals surface area contributed by atoms with Crippen LogP contribution in [0.2, 0.25) is 0 Å². The van der Waals surface area contributed by atoms with Gasteiger partial charge in [0.15, 0.2) is 0 Å². The molecule has 0 radical (unpaired) electrons. The van der Waals surface area contributed by atoms with Crippen LogP contribution < -0.4 is 5.32 Å². The molecule has 0 aliphatic carbocycles. The van der Waals surface area contributed by atoms with Crippen molar-refractivity contribution >= 4 is 5.91 Å². The van der Waals surface area contributed by atoms with Gasteiger partial charge >= 0.3 is 0 Å². The number of rotatable bonds is 9. The molecule has 0 aromatic carbocycles. The van der Waals surface area contributed by atoms with E-state index >= 15 is 0 Å². The Morgan fingerprint density at radius 2 is 2.11 bits per heavy atom. The van der Waals surface area contributed by atoms with Crippen LogP contribution in [0.4, 0.5) is 0 Å². The average Bonchev–Trinajstić information content (AvgIpc) is 2.30. The first kappa shape index (κ1) is 17.9. The minimum Gasteiger partial charge on any atom is -0.385 e. The molecular formula is C14H27N3O2. The second-order valence-electron chi connectivity index (χ2n) is 5.88. The number of nitrogens with zero attached hydrogens (tertiary/aromatic N) is 2. The molecular weight excluding hydrogens is 242 g/mol. The standard InChI is InChI=1S/C14H27N3O2/c1-14(2,3)12-17(9-5-7-15)11-13(18)16-8-6-10-19-4/h5-6,8-12H2,1-4H3,(H,16,18). The third kappa shape index (κ3) is 11.7. The maximum absolute atomic E-state index is 11.8. The second kappa shape index (κ2) is 9.76. The largest absolute Gasteiger partial charge is 0.385 e. The lowest BCUT2D eigenvalue weighted by Crippen LogP contribution is -2.41. The van der Waals surface area contributed by atoms with Crippen LogP contribution in [0.3, 0.4) is 0 Å². The molecule has 0 aromatic heterocycles. The molecule has 19 heavy (non-hydrogen) atoms. The van der Waals surface area contributed by atoms with Gasteiger partial charge in [0.25, 0.3) is 0 Å². The molecule has 0 atom stereocenters. The van der Waals surface area contributed by atoms with E-state index in [1.54, 1.807) is 7.11 Å². The fraction of sp³-hybridized carbons (Fsp3) is 0.857. The van der Waals surface area contributed by atoms with Crippen LogP contribution >= 0.6 is 0 Å². The van der Waals surface area contributed by atoms with Gasteiger partial charge in [-0.15, -0.1) is 0 Å². The summed E-state index contributed by atoms with van der Waals surface area (Å²) in [4.78, 5) is 13.8. The van der Waals surface area contributed by atoms with Crippen molar-refractivity contribution in [1.29, 1.82) is 5.26 Å². The summed E-state index contributed by atoms with van der Waals surface area (Å²) >= 11 is 0. The molecule has 5 heteroatoms. The predicted molar refractivity (Wildman–Crippen MR) is 75.6 cm³/mol. The number of carbonyl (C=O) groups excluding carboxylic acids is 1. The van der Waals surface area contributed by atoms with Crippen molar-refractivity contribution in [3.05, 3.63) is 0 Å². The van der Waals surface area contributed by atoms with E-state index in [2.05, 4.69) is 32.2 Å². The first-order valence-electron chi connectivity index (χ1n) is 6.74. The summed E-state index contributed by atoms with van der Waals surface area (Å²) < 4.78 is 4.93. The van der Waals surface area contributed by atoms with E-state index in [1.807, 2.05) is 4.90 Å². The molecule has 0 heterocycles. The summed E-state index contributed by atoms with van der Waals surface area (Å²) in [5.74, 6) is 0.0123. The van der Waals surface area contributed by atoms with Gasteiger partial charge in [-0.05, 0) is 11.8 Å². The molecule has 0 aromatic rings. The first-order chi connectivity index (χ1) is 8.89. The number of hydrogen-bond donors (Lipinski definition) is 1. The maximum Gasteiger partial charge on any atom is 0.234 e. The van der Waals surface area contributed by atoms with E-state index in [0.717, 1.165) is 13.0 Å². The Bertz CT molecular complexity index is 292. The van der Waals surface area contributed by atoms with Crippen molar-refractivity contribution in [3.63, 3.8) is 0 Å². The third-order valence-corrected chi connectivity index (χ3v) is 2.45. The lowest BCUT2D eigenvalue weighted by molar-refractivity contribution is -0.122. The molecule has 0 saturated carbocycles. The van der Waals surface area contributed by atoms with Crippen molar-refractivity contribution in [2.45, 2.75) is 33.6 Å². The van der Waals surface area contributed by atoms with Crippen LogP contribution in [0, 0.1) is 16.7 Å². The Morgan fingerprint density at radius 3 is 2.63 bits per heavy atom.